The van der Waals surface area contributed by atoms with Crippen molar-refractivity contribution in [2.75, 3.05) is 5.75 Å². The Balaban J connectivity index is 2.61. The van der Waals surface area contributed by atoms with Crippen molar-refractivity contribution in [2.24, 2.45) is 0 Å². The van der Waals surface area contributed by atoms with Gasteiger partial charge in [0.05, 0.1) is 0 Å². The molecule has 0 spiro atoms. The van der Waals surface area contributed by atoms with Crippen molar-refractivity contribution in [1.82, 2.24) is 0 Å². The first-order valence-electron chi connectivity index (χ1n) is 3.98. The van der Waals surface area contributed by atoms with Crippen LogP contribution in [-0.2, 0) is 0 Å². The van der Waals surface area contributed by atoms with Crippen LogP contribution >= 0.6 is 11.8 Å². The Kier molecular flexibility index (Phi) is 3.50. The summed E-state index contributed by atoms with van der Waals surface area (Å²) in [5, 5.41) is 0. The summed E-state index contributed by atoms with van der Waals surface area (Å²) in [5.41, 5.74) is 1.42. The zero-order valence-corrected chi connectivity index (χ0v) is 7.79. The van der Waals surface area contributed by atoms with E-state index >= 15 is 0 Å². The monoisotopic (exact) mass is 166 g/mol. The van der Waals surface area contributed by atoms with E-state index in [1.807, 2.05) is 18.7 Å². The van der Waals surface area contributed by atoms with Crippen LogP contribution in [0.1, 0.15) is 19.8 Å². The van der Waals surface area contributed by atoms with Crippen LogP contribution in [-0.4, -0.2) is 5.75 Å². The maximum atomic E-state index is 4.01. The zero-order valence-electron chi connectivity index (χ0n) is 6.97. The molecular weight excluding hydrogens is 152 g/mol. The average molecular weight is 166 g/mol. The molecule has 0 radical (unpaired) electrons. The summed E-state index contributed by atoms with van der Waals surface area (Å²) in [6.07, 6.45) is 8.82. The zero-order chi connectivity index (χ0) is 8.10. The van der Waals surface area contributed by atoms with Gasteiger partial charge in [-0.1, -0.05) is 24.8 Å². The predicted octanol–water partition coefficient (Wildman–Crippen LogP) is 3.53. The van der Waals surface area contributed by atoms with Crippen molar-refractivity contribution in [3.8, 4) is 0 Å². The van der Waals surface area contributed by atoms with Crippen molar-refractivity contribution in [1.29, 1.82) is 0 Å². The molecule has 11 heavy (non-hydrogen) atoms. The van der Waals surface area contributed by atoms with Gasteiger partial charge in [-0.2, -0.15) is 0 Å². The fourth-order valence-electron chi connectivity index (χ4n) is 1.08. The first kappa shape index (κ1) is 8.66. The summed E-state index contributed by atoms with van der Waals surface area (Å²) in [6, 6.07) is 0. The molecule has 1 saturated heterocycles. The fraction of sp³-hybridized carbons (Fsp3) is 0.400. The third kappa shape index (κ3) is 2.58. The van der Waals surface area contributed by atoms with Gasteiger partial charge in [-0.25, -0.2) is 0 Å². The van der Waals surface area contributed by atoms with Crippen molar-refractivity contribution in [3.05, 3.63) is 35.3 Å². The van der Waals surface area contributed by atoms with Crippen molar-refractivity contribution in [3.63, 3.8) is 0 Å². The molecule has 60 valence electrons. The average Bonchev–Trinajstić information content (AvgIpc) is 2.03. The molecule has 0 nitrogen and oxygen atoms in total. The molecule has 1 fully saturated rings. The third-order valence-electron chi connectivity index (χ3n) is 1.71. The number of thioether (sulfide) groups is 1. The van der Waals surface area contributed by atoms with Crippen molar-refractivity contribution < 1.29 is 0 Å². The Labute approximate surface area is 73.1 Å². The maximum Gasteiger partial charge on any atom is 0.00320 e. The Morgan fingerprint density at radius 3 is 3.00 bits per heavy atom. The molecule has 0 aromatic carbocycles. The highest BCUT2D eigenvalue weighted by atomic mass is 32.2. The van der Waals surface area contributed by atoms with Crippen LogP contribution < -0.4 is 0 Å². The molecule has 1 rings (SSSR count). The van der Waals surface area contributed by atoms with Gasteiger partial charge in [-0.15, -0.1) is 11.8 Å². The molecule has 1 aliphatic rings. The second-order valence-electron chi connectivity index (χ2n) is 2.59. The van der Waals surface area contributed by atoms with Crippen LogP contribution in [0.3, 0.4) is 0 Å². The summed E-state index contributed by atoms with van der Waals surface area (Å²) >= 11 is 1.88. The first-order valence-corrected chi connectivity index (χ1v) is 4.97. The lowest BCUT2D eigenvalue weighted by Gasteiger charge is -2.15. The highest BCUT2D eigenvalue weighted by Gasteiger charge is 2.08. The molecule has 1 heterocycles. The van der Waals surface area contributed by atoms with E-state index in [1.165, 1.54) is 29.1 Å². The SMILES string of the molecule is C=C1SCCCC1=CC=CC. The molecule has 0 saturated carbocycles. The first-order chi connectivity index (χ1) is 5.34. The molecule has 0 N–H and O–H groups in total. The molecule has 0 unspecified atom stereocenters. The van der Waals surface area contributed by atoms with E-state index in [0.717, 1.165) is 0 Å². The summed E-state index contributed by atoms with van der Waals surface area (Å²) in [6.45, 7) is 6.05. The molecule has 0 aliphatic carbocycles. The van der Waals surface area contributed by atoms with Gasteiger partial charge in [0.1, 0.15) is 0 Å². The van der Waals surface area contributed by atoms with E-state index < -0.39 is 0 Å². The second kappa shape index (κ2) is 4.45. The van der Waals surface area contributed by atoms with E-state index in [0.29, 0.717) is 0 Å². The summed E-state index contributed by atoms with van der Waals surface area (Å²) in [5.74, 6) is 1.24. The van der Waals surface area contributed by atoms with E-state index in [-0.39, 0.29) is 0 Å². The van der Waals surface area contributed by atoms with Gasteiger partial charge < -0.3 is 0 Å². The van der Waals surface area contributed by atoms with Crippen LogP contribution in [0.2, 0.25) is 0 Å². The van der Waals surface area contributed by atoms with Crippen molar-refractivity contribution >= 4 is 11.8 Å². The predicted molar refractivity (Wildman–Crippen MR) is 53.7 cm³/mol. The molecule has 1 aliphatic heterocycles. The van der Waals surface area contributed by atoms with Crippen molar-refractivity contribution in [2.45, 2.75) is 19.8 Å². The standard InChI is InChI=1S/C10H14S/c1-3-4-6-10-7-5-8-11-9(10)2/h3-4,6H,2,5,7-8H2,1H3. The van der Waals surface area contributed by atoms with Gasteiger partial charge in [-0.05, 0) is 31.1 Å². The van der Waals surface area contributed by atoms with E-state index in [4.69, 9.17) is 0 Å². The minimum absolute atomic E-state index is 1.20. The fourth-order valence-corrected chi connectivity index (χ4v) is 1.97. The minimum Gasteiger partial charge on any atom is -0.126 e. The van der Waals surface area contributed by atoms with Gasteiger partial charge in [-0.3, -0.25) is 0 Å². The highest BCUT2D eigenvalue weighted by molar-refractivity contribution is 8.03. The summed E-state index contributed by atoms with van der Waals surface area (Å²) < 4.78 is 0. The van der Waals surface area contributed by atoms with Crippen LogP contribution in [0.25, 0.3) is 0 Å². The lowest BCUT2D eigenvalue weighted by atomic mass is 10.1. The summed E-state index contributed by atoms with van der Waals surface area (Å²) in [4.78, 5) is 1.26. The largest absolute Gasteiger partial charge is 0.126 e. The Hall–Kier alpha value is -0.430. The van der Waals surface area contributed by atoms with E-state index in [9.17, 15) is 0 Å². The smallest absolute Gasteiger partial charge is 0.00320 e. The molecule has 1 heteroatoms. The highest BCUT2D eigenvalue weighted by Crippen LogP contribution is 2.31. The lowest BCUT2D eigenvalue weighted by Crippen LogP contribution is -1.95. The topological polar surface area (TPSA) is 0 Å². The van der Waals surface area contributed by atoms with Crippen LogP contribution in [0, 0.1) is 0 Å². The number of hydrogen-bond donors (Lipinski definition) is 0. The van der Waals surface area contributed by atoms with E-state index in [2.05, 4.69) is 24.8 Å². The number of allylic oxidation sites excluding steroid dienone is 4. The normalized spacial score (nSPS) is 23.4. The third-order valence-corrected chi connectivity index (χ3v) is 2.82. The Morgan fingerprint density at radius 1 is 1.55 bits per heavy atom. The molecular formula is C10H14S. The molecule has 0 aromatic heterocycles. The van der Waals surface area contributed by atoms with Gasteiger partial charge >= 0.3 is 0 Å². The quantitative estimate of drug-likeness (QED) is 0.574. The van der Waals surface area contributed by atoms with Crippen LogP contribution in [0.5, 0.6) is 0 Å². The molecule has 0 atom stereocenters. The van der Waals surface area contributed by atoms with Crippen LogP contribution in [0.4, 0.5) is 0 Å². The van der Waals surface area contributed by atoms with Crippen LogP contribution in [0.15, 0.2) is 35.3 Å². The number of rotatable bonds is 1. The molecule has 0 aromatic rings. The van der Waals surface area contributed by atoms with Gasteiger partial charge in [0.25, 0.3) is 0 Å². The van der Waals surface area contributed by atoms with Gasteiger partial charge in [0, 0.05) is 4.91 Å². The van der Waals surface area contributed by atoms with Gasteiger partial charge in [0.2, 0.25) is 0 Å². The number of hydrogen-bond acceptors (Lipinski definition) is 1. The molecule has 0 amide bonds. The van der Waals surface area contributed by atoms with Gasteiger partial charge in [0.15, 0.2) is 0 Å². The summed E-state index contributed by atoms with van der Waals surface area (Å²) in [7, 11) is 0. The minimum atomic E-state index is 1.20. The van der Waals surface area contributed by atoms with E-state index in [1.54, 1.807) is 0 Å². The molecule has 0 bridgehead atoms. The Morgan fingerprint density at radius 2 is 2.36 bits per heavy atom. The Bertz CT molecular complexity index is 199. The maximum absolute atomic E-state index is 4.01. The lowest BCUT2D eigenvalue weighted by molar-refractivity contribution is 0.922. The second-order valence-corrected chi connectivity index (χ2v) is 3.78.